The first-order chi connectivity index (χ1) is 10.2. The number of unbranched alkanes of at least 4 members (excludes halogenated alkanes) is 1. The summed E-state index contributed by atoms with van der Waals surface area (Å²) in [5, 5.41) is 2.98. The van der Waals surface area contributed by atoms with Gasteiger partial charge in [0.15, 0.2) is 0 Å². The van der Waals surface area contributed by atoms with Crippen LogP contribution in [0.15, 0.2) is 24.5 Å². The van der Waals surface area contributed by atoms with E-state index in [0.29, 0.717) is 18.7 Å². The van der Waals surface area contributed by atoms with Gasteiger partial charge in [-0.25, -0.2) is 0 Å². The van der Waals surface area contributed by atoms with E-state index in [1.165, 1.54) is 0 Å². The number of rotatable bonds is 5. The maximum atomic E-state index is 12.3. The van der Waals surface area contributed by atoms with Crippen molar-refractivity contribution in [2.75, 3.05) is 19.6 Å². The lowest BCUT2D eigenvalue weighted by Crippen LogP contribution is -2.43. The number of carbonyl (C=O) groups excluding carboxylic acids is 2. The second-order valence-electron chi connectivity index (χ2n) is 5.45. The number of nitrogens with zero attached hydrogens (tertiary/aromatic N) is 2. The summed E-state index contributed by atoms with van der Waals surface area (Å²) < 4.78 is 0. The van der Waals surface area contributed by atoms with Gasteiger partial charge in [0.2, 0.25) is 5.91 Å². The minimum absolute atomic E-state index is 0.00735. The molecule has 0 saturated carbocycles. The SMILES string of the molecule is CCCCNC(=O)C1CCN(C(=O)c2cccnc2)CC1. The number of nitrogens with one attached hydrogen (secondary N) is 1. The molecule has 1 aromatic heterocycles. The van der Waals surface area contributed by atoms with Crippen LogP contribution in [0.3, 0.4) is 0 Å². The highest BCUT2D eigenvalue weighted by Gasteiger charge is 2.27. The van der Waals surface area contributed by atoms with Crippen LogP contribution in [0.2, 0.25) is 0 Å². The summed E-state index contributed by atoms with van der Waals surface area (Å²) >= 11 is 0. The molecule has 5 nitrogen and oxygen atoms in total. The second-order valence-corrected chi connectivity index (χ2v) is 5.45. The summed E-state index contributed by atoms with van der Waals surface area (Å²) in [5.74, 6) is 0.185. The highest BCUT2D eigenvalue weighted by atomic mass is 16.2. The third-order valence-electron chi connectivity index (χ3n) is 3.89. The number of carbonyl (C=O) groups is 2. The fourth-order valence-corrected chi connectivity index (χ4v) is 2.55. The fourth-order valence-electron chi connectivity index (χ4n) is 2.55. The normalized spacial score (nSPS) is 15.8. The number of piperidine rings is 1. The Bertz CT molecular complexity index is 468. The van der Waals surface area contributed by atoms with Gasteiger partial charge in [0.1, 0.15) is 0 Å². The van der Waals surface area contributed by atoms with Crippen molar-refractivity contribution in [3.8, 4) is 0 Å². The Balaban J connectivity index is 1.80. The van der Waals surface area contributed by atoms with Gasteiger partial charge in [-0.05, 0) is 31.4 Å². The predicted octanol–water partition coefficient (Wildman–Crippen LogP) is 1.85. The largest absolute Gasteiger partial charge is 0.356 e. The van der Waals surface area contributed by atoms with Crippen molar-refractivity contribution in [3.63, 3.8) is 0 Å². The van der Waals surface area contributed by atoms with Crippen LogP contribution < -0.4 is 5.32 Å². The van der Waals surface area contributed by atoms with Crippen LogP contribution in [0.5, 0.6) is 0 Å². The van der Waals surface area contributed by atoms with Crippen molar-refractivity contribution in [1.82, 2.24) is 15.2 Å². The smallest absolute Gasteiger partial charge is 0.255 e. The summed E-state index contributed by atoms with van der Waals surface area (Å²) in [6, 6.07) is 3.54. The van der Waals surface area contributed by atoms with E-state index in [0.717, 1.165) is 32.2 Å². The summed E-state index contributed by atoms with van der Waals surface area (Å²) in [6.45, 7) is 4.14. The number of pyridine rings is 1. The Kier molecular flexibility index (Phi) is 5.72. The predicted molar refractivity (Wildman–Crippen MR) is 80.8 cm³/mol. The molecule has 0 spiro atoms. The van der Waals surface area contributed by atoms with Gasteiger partial charge >= 0.3 is 0 Å². The molecule has 5 heteroatoms. The molecule has 0 atom stereocenters. The molecular weight excluding hydrogens is 266 g/mol. The Morgan fingerprint density at radius 3 is 2.76 bits per heavy atom. The number of amides is 2. The average Bonchev–Trinajstić information content (AvgIpc) is 2.55. The summed E-state index contributed by atoms with van der Waals surface area (Å²) in [6.07, 6.45) is 6.83. The first kappa shape index (κ1) is 15.5. The lowest BCUT2D eigenvalue weighted by molar-refractivity contribution is -0.126. The Morgan fingerprint density at radius 1 is 1.38 bits per heavy atom. The van der Waals surface area contributed by atoms with Crippen LogP contribution in [0.25, 0.3) is 0 Å². The standard InChI is InChI=1S/C16H23N3O2/c1-2-3-9-18-15(20)13-6-10-19(11-7-13)16(21)14-5-4-8-17-12-14/h4-5,8,12-13H,2-3,6-7,9-11H2,1H3,(H,18,20). The minimum atomic E-state index is 0.00735. The topological polar surface area (TPSA) is 62.3 Å². The molecule has 0 bridgehead atoms. The Morgan fingerprint density at radius 2 is 2.14 bits per heavy atom. The van der Waals surface area contributed by atoms with Crippen molar-refractivity contribution in [2.24, 2.45) is 5.92 Å². The van der Waals surface area contributed by atoms with Gasteiger partial charge in [0.25, 0.3) is 5.91 Å². The van der Waals surface area contributed by atoms with Crippen LogP contribution in [-0.4, -0.2) is 41.3 Å². The van der Waals surface area contributed by atoms with Gasteiger partial charge in [-0.1, -0.05) is 13.3 Å². The van der Waals surface area contributed by atoms with Crippen LogP contribution in [-0.2, 0) is 4.79 Å². The van der Waals surface area contributed by atoms with Gasteiger partial charge < -0.3 is 10.2 Å². The van der Waals surface area contributed by atoms with Gasteiger partial charge in [0.05, 0.1) is 5.56 Å². The molecule has 1 aromatic rings. The van der Waals surface area contributed by atoms with Crippen LogP contribution in [0.4, 0.5) is 0 Å². The van der Waals surface area contributed by atoms with Gasteiger partial charge in [-0.3, -0.25) is 14.6 Å². The van der Waals surface area contributed by atoms with E-state index in [1.54, 1.807) is 24.5 Å². The molecule has 21 heavy (non-hydrogen) atoms. The molecule has 114 valence electrons. The van der Waals surface area contributed by atoms with Crippen molar-refractivity contribution < 1.29 is 9.59 Å². The van der Waals surface area contributed by atoms with E-state index in [1.807, 2.05) is 4.90 Å². The molecule has 1 N–H and O–H groups in total. The van der Waals surface area contributed by atoms with Crippen molar-refractivity contribution in [3.05, 3.63) is 30.1 Å². The molecule has 1 aliphatic rings. The van der Waals surface area contributed by atoms with Gasteiger partial charge in [0, 0.05) is 37.9 Å². The van der Waals surface area contributed by atoms with E-state index in [-0.39, 0.29) is 17.7 Å². The molecule has 2 heterocycles. The van der Waals surface area contributed by atoms with Crippen molar-refractivity contribution in [2.45, 2.75) is 32.6 Å². The zero-order chi connectivity index (χ0) is 15.1. The summed E-state index contributed by atoms with van der Waals surface area (Å²) in [5.41, 5.74) is 0.614. The zero-order valence-electron chi connectivity index (χ0n) is 12.5. The first-order valence-electron chi connectivity index (χ1n) is 7.69. The molecule has 0 unspecified atom stereocenters. The molecule has 0 aliphatic carbocycles. The van der Waals surface area contributed by atoms with Crippen LogP contribution >= 0.6 is 0 Å². The maximum Gasteiger partial charge on any atom is 0.255 e. The number of likely N-dealkylation sites (tertiary alicyclic amines) is 1. The van der Waals surface area contributed by atoms with E-state index >= 15 is 0 Å². The zero-order valence-corrected chi connectivity index (χ0v) is 12.5. The monoisotopic (exact) mass is 289 g/mol. The van der Waals surface area contributed by atoms with E-state index in [2.05, 4.69) is 17.2 Å². The number of aromatic nitrogens is 1. The lowest BCUT2D eigenvalue weighted by Gasteiger charge is -2.31. The highest BCUT2D eigenvalue weighted by Crippen LogP contribution is 2.19. The molecule has 2 amide bonds. The molecule has 2 rings (SSSR count). The fraction of sp³-hybridized carbons (Fsp3) is 0.562. The minimum Gasteiger partial charge on any atom is -0.356 e. The van der Waals surface area contributed by atoms with Gasteiger partial charge in [-0.2, -0.15) is 0 Å². The van der Waals surface area contributed by atoms with Gasteiger partial charge in [-0.15, -0.1) is 0 Å². The summed E-state index contributed by atoms with van der Waals surface area (Å²) in [7, 11) is 0. The van der Waals surface area contributed by atoms with Crippen LogP contribution in [0.1, 0.15) is 43.0 Å². The third-order valence-corrected chi connectivity index (χ3v) is 3.89. The van der Waals surface area contributed by atoms with E-state index in [9.17, 15) is 9.59 Å². The molecule has 1 aliphatic heterocycles. The molecule has 1 fully saturated rings. The first-order valence-corrected chi connectivity index (χ1v) is 7.69. The Hall–Kier alpha value is -1.91. The summed E-state index contributed by atoms with van der Waals surface area (Å²) in [4.78, 5) is 30.1. The van der Waals surface area contributed by atoms with E-state index < -0.39 is 0 Å². The third kappa shape index (κ3) is 4.28. The Labute approximate surface area is 125 Å². The molecular formula is C16H23N3O2. The van der Waals surface area contributed by atoms with E-state index in [4.69, 9.17) is 0 Å². The molecule has 0 aromatic carbocycles. The second kappa shape index (κ2) is 7.76. The lowest BCUT2D eigenvalue weighted by atomic mass is 9.95. The van der Waals surface area contributed by atoms with Crippen molar-refractivity contribution >= 4 is 11.8 Å². The van der Waals surface area contributed by atoms with Crippen LogP contribution in [0, 0.1) is 5.92 Å². The quantitative estimate of drug-likeness (QED) is 0.841. The highest BCUT2D eigenvalue weighted by molar-refractivity contribution is 5.94. The number of hydrogen-bond donors (Lipinski definition) is 1. The maximum absolute atomic E-state index is 12.3. The van der Waals surface area contributed by atoms with Crippen molar-refractivity contribution in [1.29, 1.82) is 0 Å². The molecule has 0 radical (unpaired) electrons. The molecule has 1 saturated heterocycles. The number of hydrogen-bond acceptors (Lipinski definition) is 3. The average molecular weight is 289 g/mol.